The summed E-state index contributed by atoms with van der Waals surface area (Å²) in [6.07, 6.45) is 30.6. The second kappa shape index (κ2) is 36.5. The van der Waals surface area contributed by atoms with Crippen molar-refractivity contribution >= 4 is 92.4 Å². The summed E-state index contributed by atoms with van der Waals surface area (Å²) in [4.78, 5) is 79.6. The fraction of sp³-hybridized carbons (Fsp3) is 0.586. The number of aromatic nitrogens is 1. The number of piperidine rings is 3. The van der Waals surface area contributed by atoms with Crippen LogP contribution >= 0.6 is 19.7 Å². The number of anilines is 2. The number of fused-ring (bicyclic) bond motifs is 18. The first-order valence-corrected chi connectivity index (χ1v) is 49.2. The van der Waals surface area contributed by atoms with Crippen LogP contribution in [0.5, 0.6) is 0 Å². The van der Waals surface area contributed by atoms with E-state index in [2.05, 4.69) is 159 Å². The van der Waals surface area contributed by atoms with Gasteiger partial charge in [-0.2, -0.15) is 13.2 Å². The van der Waals surface area contributed by atoms with Crippen molar-refractivity contribution < 1.29 is 97.3 Å². The van der Waals surface area contributed by atoms with Gasteiger partial charge in [0.05, 0.1) is 17.3 Å². The molecule has 3 aliphatic heterocycles. The van der Waals surface area contributed by atoms with Crippen LogP contribution in [0.3, 0.4) is 0 Å². The third kappa shape index (κ3) is 17.7. The Labute approximate surface area is 755 Å². The molecule has 126 heavy (non-hydrogen) atoms. The molecule has 3 spiro atoms. The van der Waals surface area contributed by atoms with E-state index in [4.69, 9.17) is 17.4 Å². The maximum atomic E-state index is 14.2. The minimum absolute atomic E-state index is 0.00973. The van der Waals surface area contributed by atoms with Crippen molar-refractivity contribution in [1.29, 1.82) is 0 Å². The molecule has 15 aliphatic rings. The van der Waals surface area contributed by atoms with Gasteiger partial charge in [-0.1, -0.05) is 151 Å². The van der Waals surface area contributed by atoms with Gasteiger partial charge in [-0.05, 0) is 328 Å². The van der Waals surface area contributed by atoms with Crippen molar-refractivity contribution in [2.75, 3.05) is 11.1 Å². The summed E-state index contributed by atoms with van der Waals surface area (Å²) >= 11 is 3.06. The van der Waals surface area contributed by atoms with E-state index in [0.717, 1.165) is 113 Å². The van der Waals surface area contributed by atoms with Crippen molar-refractivity contribution in [3.8, 4) is 0 Å². The number of carbonyl (C=O) groups is 6. The molecule has 4 heterocycles. The predicted molar refractivity (Wildman–Crippen MR) is 467 cm³/mol. The van der Waals surface area contributed by atoms with Crippen molar-refractivity contribution in [3.05, 3.63) is 175 Å². The summed E-state index contributed by atoms with van der Waals surface area (Å²) in [5.41, 5.74) is 1.20. The van der Waals surface area contributed by atoms with Crippen molar-refractivity contribution in [3.63, 3.8) is 0 Å². The van der Waals surface area contributed by atoms with Crippen LogP contribution in [0.15, 0.2) is 157 Å². The second-order valence-electron chi connectivity index (χ2n) is 41.1. The topological polar surface area (TPSA) is 261 Å². The molecule has 12 saturated carbocycles. The molecule has 5 aromatic carbocycles. The van der Waals surface area contributed by atoms with Gasteiger partial charge in [-0.15, -0.1) is 0 Å². The van der Waals surface area contributed by atoms with E-state index in [-0.39, 0.29) is 90.7 Å². The largest absolute Gasteiger partial charge is 0.0622 e. The Kier molecular flexibility index (Phi) is 27.1. The zero-order valence-corrected chi connectivity index (χ0v) is 76.6. The van der Waals surface area contributed by atoms with E-state index in [1.54, 1.807) is 27.2 Å². The van der Waals surface area contributed by atoms with Crippen LogP contribution in [0.1, 0.15) is 215 Å². The molecule has 7 N–H and O–H groups in total. The Morgan fingerprint density at radius 2 is 0.810 bits per heavy atom. The molecule has 0 bridgehead atoms. The monoisotopic (exact) mass is 1890 g/mol. The average Bonchev–Trinajstić information content (AvgIpc) is 1.51. The molecule has 3 saturated heterocycles. The number of benzene rings is 5. The smallest absolute Gasteiger partial charge is 0.0134 e. The molecule has 15 fully saturated rings. The number of pyridine rings is 1. The molecule has 1 aromatic heterocycles. The first-order valence-electron chi connectivity index (χ1n) is 45.4. The molecule has 12 unspecified atom stereocenters. The van der Waals surface area contributed by atoms with Gasteiger partial charge in [0.1, 0.15) is 5.03 Å². The minimum Gasteiger partial charge on any atom is -0.0622 e. The number of aliphatic carboxylic acids is 1. The Morgan fingerprint density at radius 1 is 0.460 bits per heavy atom. The van der Waals surface area contributed by atoms with Crippen LogP contribution in [-0.4, -0.2) is 68.4 Å². The molecular formula is C99H119AgF7N6O10PS2-. The molecular weight excluding hydrogens is 1770 g/mol. The number of carboxylic acid groups (broad SMARTS) is 1. The van der Waals surface area contributed by atoms with Crippen LogP contribution < -0.4 is 42.9 Å². The van der Waals surface area contributed by atoms with E-state index in [0.29, 0.717) is 101 Å². The number of hydrogen-bond donors (Lipinski definition) is 6. The fourth-order valence-corrected chi connectivity index (χ4v) is 32.1. The molecule has 0 radical (unpaired) electrons. The van der Waals surface area contributed by atoms with Crippen LogP contribution in [0, 0.1) is 143 Å². The number of rotatable bonds is 8. The predicted octanol–water partition coefficient (Wildman–Crippen LogP) is 19.9. The van der Waals surface area contributed by atoms with Gasteiger partial charge >= 0.3 is 35.8 Å². The zero-order valence-electron chi connectivity index (χ0n) is 72.5. The van der Waals surface area contributed by atoms with Crippen molar-refractivity contribution in [2.45, 2.75) is 244 Å². The number of carboxylic acids is 1. The number of thioether (sulfide) groups is 1. The molecule has 27 heteroatoms. The van der Waals surface area contributed by atoms with Gasteiger partial charge in [0.15, 0.2) is 28.4 Å². The Hall–Kier alpha value is -7.15. The zero-order chi connectivity index (χ0) is 90.1. The number of nitrogens with one attached hydrogen (secondary N) is 4. The summed E-state index contributed by atoms with van der Waals surface area (Å²) in [7, 11) is -4.38. The summed E-state index contributed by atoms with van der Waals surface area (Å²) < 4.78 is 110. The molecule has 12 aliphatic carbocycles. The van der Waals surface area contributed by atoms with Crippen LogP contribution in [0.25, 0.3) is 0 Å². The molecule has 16 nitrogen and oxygen atoms in total. The van der Waals surface area contributed by atoms with Crippen LogP contribution in [-0.2, 0) is 72.2 Å². The van der Waals surface area contributed by atoms with Gasteiger partial charge in [0.25, 0.3) is 0 Å². The Bertz CT molecular complexity index is 4980. The summed E-state index contributed by atoms with van der Waals surface area (Å²) in [5, 5.41) is 28.1. The van der Waals surface area contributed by atoms with E-state index >= 15 is 0 Å². The number of hydrogen-bond acceptors (Lipinski definition) is 13. The van der Waals surface area contributed by atoms with E-state index < -0.39 is 53.4 Å². The van der Waals surface area contributed by atoms with Crippen molar-refractivity contribution in [1.82, 2.24) is 20.9 Å². The summed E-state index contributed by atoms with van der Waals surface area (Å²) in [6.45, 7) is 14.3. The SMILES string of the molecule is C[C@]12CCC(=O)NC1C1(CC1)CC1C2CC[C@@]2(C)C1CC[C@@H]2C(=O)Nc1cccc(F)c1F.C[C@]12CCC(=O)NC1C1(CC1)CC1C2CC[C@@]2(C)C1CC[C@@H]2C(=O)O.C[C@]12CCC(=O)NC1C1(CC1)CC1C2CC[C@@]2(C)C1CC[C@@H]2C(=O)Sc1ccccn1.Nc1cccc(F)c1F.O=[S-](=O)C(F)(F)F.[O]=[Ag].c1ccc(P(c2ccccc2)c2ccccc2)cc1. The maximum absolute atomic E-state index is 14.2. The maximum Gasteiger partial charge on any atom is -0.0134 e. The Balaban J connectivity index is 0.000000123. The third-order valence-electron chi connectivity index (χ3n) is 35.0. The number of nitrogen functional groups attached to an aromatic ring is 1. The molecule has 21 rings (SSSR count). The quantitative estimate of drug-likeness (QED) is 0.0207. The van der Waals surface area contributed by atoms with E-state index in [1.807, 2.05) is 18.2 Å². The molecule has 6 aromatic rings. The van der Waals surface area contributed by atoms with Gasteiger partial charge in [0, 0.05) is 66.1 Å². The standard InChI is InChI=1S/C27H34F2N2O2.C26H34N2O2S.C21H31NO3.C18H15P.C6H5F2N.CF3O2S.Ag.O/c1-25-10-8-17-15(14-27(12-13-27)24-26(17,2)11-9-21(32)31-24)16(25)6-7-18(25)23(33)30-20-5-3-4-19(28)22(20)29;1-24-10-8-18-16(15-26(12-13-26)23-25(18,2)11-9-20(29)28-23)17(24)6-7-19(24)22(30)31-21-5-3-4-14-27-21;1-19-7-5-14-12(13(19)3-4-15(19)17(24)25)11-21(9-10-21)18-20(14,2)8-6-16(23)22-18;1-4-10-16(11-5-1)19(17-12-6-2-7-13-17)18-14-8-3-9-15-18;7-4-2-1-3-5(9)6(4)8;2-1(3,4)7(5)6;;/h3-5,15-18,24H,6-14H2,1-2H3,(H,30,33)(H,31,32);3-5,14,16-19,23H,6-13,15H2,1-2H3,(H,28,29);12-15,18H,3-11H2,1-2H3,(H,22,23)(H,24,25);1-15H;1-3H,9H2;;;/q;;;;;-1;;/t15?,16?,17?,18-,24?,25+,26-;16?,17?,18?,19-,23?,24+,25-;12?,13?,14?,15-,18?,19+,20-;;;;;/m111...../s1. The summed E-state index contributed by atoms with van der Waals surface area (Å²) in [6, 6.07) is 46.8. The first-order chi connectivity index (χ1) is 59.9. The minimum atomic E-state index is -5.08. The number of nitrogens with zero attached hydrogens (tertiary/aromatic N) is 1. The molecule has 21 atom stereocenters. The Morgan fingerprint density at radius 3 is 1.17 bits per heavy atom. The summed E-state index contributed by atoms with van der Waals surface area (Å²) in [5.74, 6) is 1.58. The van der Waals surface area contributed by atoms with Crippen LogP contribution in [0.4, 0.5) is 42.1 Å². The van der Waals surface area contributed by atoms with Gasteiger partial charge in [-0.25, -0.2) is 22.5 Å². The first kappa shape index (κ1) is 93.5. The van der Waals surface area contributed by atoms with Crippen LogP contribution in [0.2, 0.25) is 0 Å². The van der Waals surface area contributed by atoms with Gasteiger partial charge in [0.2, 0.25) is 23.6 Å². The van der Waals surface area contributed by atoms with Gasteiger partial charge < -0.3 is 40.5 Å². The number of halogens is 7. The molecule has 683 valence electrons. The van der Waals surface area contributed by atoms with Crippen molar-refractivity contribution in [2.24, 2.45) is 120 Å². The van der Waals surface area contributed by atoms with E-state index in [9.17, 15) is 64.6 Å². The van der Waals surface area contributed by atoms with E-state index in [1.165, 1.54) is 116 Å². The number of carbonyl (C=O) groups excluding carboxylic acids is 5. The third-order valence-corrected chi connectivity index (χ3v) is 38.8. The number of amides is 4. The average molecular weight is 1890 g/mol. The number of nitrogens with two attached hydrogens (primary N) is 1. The molecule has 4 amide bonds. The normalized spacial score (nSPS) is 35.7. The second-order valence-corrected chi connectivity index (χ2v) is 45.2. The van der Waals surface area contributed by atoms with Gasteiger partial charge in [-0.3, -0.25) is 28.8 Å². The fourth-order valence-electron chi connectivity index (χ4n) is 28.8. The number of alkyl halides is 3.